The number of rotatable bonds is 4. The number of benzene rings is 1. The SMILES string of the molecule is CNC(c1ccc(C)cc1)C(C)n1nc(C)nc1C. The fourth-order valence-corrected chi connectivity index (χ4v) is 2.52. The Morgan fingerprint density at radius 2 is 1.74 bits per heavy atom. The summed E-state index contributed by atoms with van der Waals surface area (Å²) in [7, 11) is 1.99. The lowest BCUT2D eigenvalue weighted by Gasteiger charge is -2.25. The molecule has 0 fully saturated rings. The minimum Gasteiger partial charge on any atom is -0.311 e. The van der Waals surface area contributed by atoms with Gasteiger partial charge in [0.25, 0.3) is 0 Å². The van der Waals surface area contributed by atoms with E-state index in [0.717, 1.165) is 11.6 Å². The van der Waals surface area contributed by atoms with Crippen LogP contribution in [0, 0.1) is 20.8 Å². The summed E-state index contributed by atoms with van der Waals surface area (Å²) in [4.78, 5) is 4.38. The van der Waals surface area contributed by atoms with Gasteiger partial charge >= 0.3 is 0 Å². The van der Waals surface area contributed by atoms with E-state index in [1.807, 2.05) is 25.6 Å². The molecule has 2 aromatic rings. The molecule has 0 radical (unpaired) electrons. The normalized spacial score (nSPS) is 14.4. The molecule has 1 aromatic heterocycles. The molecular formula is C15H22N4. The Kier molecular flexibility index (Phi) is 4.00. The molecule has 0 bridgehead atoms. The summed E-state index contributed by atoms with van der Waals surface area (Å²) < 4.78 is 2.00. The zero-order valence-electron chi connectivity index (χ0n) is 12.3. The molecule has 0 amide bonds. The molecule has 0 saturated carbocycles. The molecule has 2 atom stereocenters. The van der Waals surface area contributed by atoms with Crippen LogP contribution in [0.3, 0.4) is 0 Å². The van der Waals surface area contributed by atoms with E-state index in [1.54, 1.807) is 0 Å². The first-order chi connectivity index (χ1) is 9.02. The molecule has 1 heterocycles. The predicted molar refractivity (Wildman–Crippen MR) is 77.2 cm³/mol. The van der Waals surface area contributed by atoms with Crippen LogP contribution in [-0.2, 0) is 0 Å². The van der Waals surface area contributed by atoms with Crippen molar-refractivity contribution in [2.75, 3.05) is 7.05 Å². The first kappa shape index (κ1) is 13.7. The third kappa shape index (κ3) is 2.84. The Balaban J connectivity index is 2.31. The van der Waals surface area contributed by atoms with Gasteiger partial charge < -0.3 is 5.32 Å². The Labute approximate surface area is 114 Å². The average molecular weight is 258 g/mol. The van der Waals surface area contributed by atoms with Gasteiger partial charge in [-0.2, -0.15) is 5.10 Å². The number of hydrogen-bond donors (Lipinski definition) is 1. The topological polar surface area (TPSA) is 42.7 Å². The summed E-state index contributed by atoms with van der Waals surface area (Å²) in [6.07, 6.45) is 0. The fraction of sp³-hybridized carbons (Fsp3) is 0.467. The molecule has 0 aliphatic rings. The maximum atomic E-state index is 4.49. The number of likely N-dealkylation sites (N-methyl/N-ethyl adjacent to an activating group) is 1. The summed E-state index contributed by atoms with van der Waals surface area (Å²) in [5.74, 6) is 1.78. The van der Waals surface area contributed by atoms with E-state index in [0.29, 0.717) is 0 Å². The molecule has 1 aromatic carbocycles. The van der Waals surface area contributed by atoms with Gasteiger partial charge in [-0.3, -0.25) is 0 Å². The van der Waals surface area contributed by atoms with Crippen molar-refractivity contribution in [3.05, 3.63) is 47.0 Å². The molecule has 0 spiro atoms. The number of hydrogen-bond acceptors (Lipinski definition) is 3. The van der Waals surface area contributed by atoms with Crippen molar-refractivity contribution < 1.29 is 0 Å². The number of nitrogens with zero attached hydrogens (tertiary/aromatic N) is 3. The summed E-state index contributed by atoms with van der Waals surface area (Å²) in [6.45, 7) is 8.20. The zero-order chi connectivity index (χ0) is 14.0. The highest BCUT2D eigenvalue weighted by Gasteiger charge is 2.21. The van der Waals surface area contributed by atoms with Gasteiger partial charge in [-0.25, -0.2) is 9.67 Å². The average Bonchev–Trinajstić information content (AvgIpc) is 2.71. The van der Waals surface area contributed by atoms with Gasteiger partial charge in [-0.1, -0.05) is 29.8 Å². The quantitative estimate of drug-likeness (QED) is 0.917. The molecule has 4 nitrogen and oxygen atoms in total. The van der Waals surface area contributed by atoms with E-state index in [4.69, 9.17) is 0 Å². The van der Waals surface area contributed by atoms with Crippen molar-refractivity contribution in [2.24, 2.45) is 0 Å². The smallest absolute Gasteiger partial charge is 0.147 e. The van der Waals surface area contributed by atoms with Crippen molar-refractivity contribution >= 4 is 0 Å². The van der Waals surface area contributed by atoms with E-state index >= 15 is 0 Å². The summed E-state index contributed by atoms with van der Waals surface area (Å²) >= 11 is 0. The van der Waals surface area contributed by atoms with E-state index in [1.165, 1.54) is 11.1 Å². The summed E-state index contributed by atoms with van der Waals surface area (Å²) in [5, 5.41) is 7.87. The lowest BCUT2D eigenvalue weighted by molar-refractivity contribution is 0.364. The highest BCUT2D eigenvalue weighted by atomic mass is 15.4. The highest BCUT2D eigenvalue weighted by molar-refractivity contribution is 5.25. The van der Waals surface area contributed by atoms with Crippen LogP contribution in [0.1, 0.15) is 41.8 Å². The third-order valence-corrected chi connectivity index (χ3v) is 3.52. The van der Waals surface area contributed by atoms with Crippen molar-refractivity contribution in [1.82, 2.24) is 20.1 Å². The summed E-state index contributed by atoms with van der Waals surface area (Å²) in [6, 6.07) is 9.07. The van der Waals surface area contributed by atoms with E-state index < -0.39 is 0 Å². The highest BCUT2D eigenvalue weighted by Crippen LogP contribution is 2.26. The van der Waals surface area contributed by atoms with E-state index in [2.05, 4.69) is 53.5 Å². The molecule has 0 aliphatic carbocycles. The van der Waals surface area contributed by atoms with Crippen molar-refractivity contribution in [1.29, 1.82) is 0 Å². The van der Waals surface area contributed by atoms with Gasteiger partial charge in [0, 0.05) is 0 Å². The summed E-state index contributed by atoms with van der Waals surface area (Å²) in [5.41, 5.74) is 2.55. The predicted octanol–water partition coefficient (Wildman–Crippen LogP) is 2.73. The van der Waals surface area contributed by atoms with Gasteiger partial charge in [0.1, 0.15) is 11.6 Å². The van der Waals surface area contributed by atoms with Crippen LogP contribution in [-0.4, -0.2) is 21.8 Å². The van der Waals surface area contributed by atoms with Crippen LogP contribution in [0.4, 0.5) is 0 Å². The van der Waals surface area contributed by atoms with Gasteiger partial charge in [0.15, 0.2) is 0 Å². The minimum absolute atomic E-state index is 0.217. The first-order valence-electron chi connectivity index (χ1n) is 6.66. The van der Waals surface area contributed by atoms with Gasteiger partial charge in [-0.15, -0.1) is 0 Å². The minimum atomic E-state index is 0.217. The zero-order valence-corrected chi connectivity index (χ0v) is 12.3. The van der Waals surface area contributed by atoms with Crippen molar-refractivity contribution in [3.8, 4) is 0 Å². The van der Waals surface area contributed by atoms with Crippen LogP contribution in [0.15, 0.2) is 24.3 Å². The number of nitrogens with one attached hydrogen (secondary N) is 1. The number of aryl methyl sites for hydroxylation is 3. The van der Waals surface area contributed by atoms with Gasteiger partial charge in [-0.05, 0) is 40.3 Å². The van der Waals surface area contributed by atoms with E-state index in [9.17, 15) is 0 Å². The van der Waals surface area contributed by atoms with Gasteiger partial charge in [0.2, 0.25) is 0 Å². The van der Waals surface area contributed by atoms with Crippen LogP contribution < -0.4 is 5.32 Å². The molecule has 2 rings (SSSR count). The Morgan fingerprint density at radius 3 is 2.21 bits per heavy atom. The van der Waals surface area contributed by atoms with Crippen LogP contribution >= 0.6 is 0 Å². The lowest BCUT2D eigenvalue weighted by Crippen LogP contribution is -2.27. The standard InChI is InChI=1S/C15H22N4/c1-10-6-8-14(9-7-10)15(16-5)11(2)19-13(4)17-12(3)18-19/h6-9,11,15-16H,1-5H3. The van der Waals surface area contributed by atoms with Crippen LogP contribution in [0.25, 0.3) is 0 Å². The number of aromatic nitrogens is 3. The van der Waals surface area contributed by atoms with Crippen LogP contribution in [0.2, 0.25) is 0 Å². The fourth-order valence-electron chi connectivity index (χ4n) is 2.52. The molecular weight excluding hydrogens is 236 g/mol. The Morgan fingerprint density at radius 1 is 1.11 bits per heavy atom. The lowest BCUT2D eigenvalue weighted by atomic mass is 9.99. The Hall–Kier alpha value is -1.68. The van der Waals surface area contributed by atoms with Gasteiger partial charge in [0.05, 0.1) is 12.1 Å². The maximum absolute atomic E-state index is 4.49. The molecule has 19 heavy (non-hydrogen) atoms. The molecule has 0 aliphatic heterocycles. The molecule has 1 N–H and O–H groups in total. The monoisotopic (exact) mass is 258 g/mol. The molecule has 4 heteroatoms. The first-order valence-corrected chi connectivity index (χ1v) is 6.66. The van der Waals surface area contributed by atoms with Crippen molar-refractivity contribution in [2.45, 2.75) is 39.8 Å². The Bertz CT molecular complexity index is 542. The van der Waals surface area contributed by atoms with E-state index in [-0.39, 0.29) is 12.1 Å². The second kappa shape index (κ2) is 5.53. The van der Waals surface area contributed by atoms with Crippen LogP contribution in [0.5, 0.6) is 0 Å². The maximum Gasteiger partial charge on any atom is 0.147 e. The molecule has 102 valence electrons. The molecule has 0 saturated heterocycles. The van der Waals surface area contributed by atoms with Crippen molar-refractivity contribution in [3.63, 3.8) is 0 Å². The third-order valence-electron chi connectivity index (χ3n) is 3.52. The largest absolute Gasteiger partial charge is 0.311 e. The second-order valence-electron chi connectivity index (χ2n) is 5.07. The second-order valence-corrected chi connectivity index (χ2v) is 5.07. The molecule has 2 unspecified atom stereocenters.